The molecular weight excluding hydrogens is 412 g/mol. The van der Waals surface area contributed by atoms with E-state index in [1.165, 1.54) is 5.56 Å². The second kappa shape index (κ2) is 9.53. The van der Waals surface area contributed by atoms with Crippen LogP contribution in [0.3, 0.4) is 0 Å². The summed E-state index contributed by atoms with van der Waals surface area (Å²) < 4.78 is 1.90. The maximum Gasteiger partial charge on any atom is 0.264 e. The summed E-state index contributed by atoms with van der Waals surface area (Å²) in [6, 6.07) is 28.3. The van der Waals surface area contributed by atoms with Gasteiger partial charge in [-0.05, 0) is 33.9 Å². The highest BCUT2D eigenvalue weighted by Crippen LogP contribution is 2.25. The van der Waals surface area contributed by atoms with Crippen molar-refractivity contribution in [2.24, 2.45) is 5.16 Å². The van der Waals surface area contributed by atoms with Crippen molar-refractivity contribution >= 4 is 11.6 Å². The zero-order valence-electron chi connectivity index (χ0n) is 18.1. The molecule has 5 rings (SSSR count). The molecule has 0 saturated carbocycles. The normalized spacial score (nSPS) is 15.0. The van der Waals surface area contributed by atoms with E-state index >= 15 is 0 Å². The van der Waals surface area contributed by atoms with Crippen molar-refractivity contribution in [3.05, 3.63) is 114 Å². The number of nitrogens with zero attached hydrogens (tertiary/aromatic N) is 3. The largest absolute Gasteiger partial charge is 0.382 e. The SMILES string of the molecule is O=C(NCc1ccccc1-c1ccc(Cn2cccn2)cc1)C1CC(c2ccccc2)=NO1. The highest BCUT2D eigenvalue weighted by atomic mass is 16.6. The third-order valence-corrected chi connectivity index (χ3v) is 5.71. The zero-order valence-corrected chi connectivity index (χ0v) is 18.1. The van der Waals surface area contributed by atoms with E-state index in [-0.39, 0.29) is 5.91 Å². The van der Waals surface area contributed by atoms with Crippen LogP contribution in [-0.4, -0.2) is 27.5 Å². The molecule has 0 radical (unpaired) electrons. The highest BCUT2D eigenvalue weighted by Gasteiger charge is 2.28. The van der Waals surface area contributed by atoms with Gasteiger partial charge in [-0.25, -0.2) is 0 Å². The molecule has 0 fully saturated rings. The molecule has 0 bridgehead atoms. The van der Waals surface area contributed by atoms with Gasteiger partial charge < -0.3 is 10.2 Å². The molecule has 1 aromatic heterocycles. The van der Waals surface area contributed by atoms with E-state index in [9.17, 15) is 4.79 Å². The average molecular weight is 437 g/mol. The molecule has 0 saturated heterocycles. The van der Waals surface area contributed by atoms with E-state index in [0.29, 0.717) is 13.0 Å². The monoisotopic (exact) mass is 436 g/mol. The fourth-order valence-corrected chi connectivity index (χ4v) is 3.94. The Morgan fingerprint density at radius 3 is 2.52 bits per heavy atom. The molecule has 1 N–H and O–H groups in total. The van der Waals surface area contributed by atoms with E-state index in [4.69, 9.17) is 4.84 Å². The predicted molar refractivity (Wildman–Crippen MR) is 128 cm³/mol. The van der Waals surface area contributed by atoms with Crippen molar-refractivity contribution in [3.63, 3.8) is 0 Å². The molecule has 4 aromatic rings. The van der Waals surface area contributed by atoms with Crippen molar-refractivity contribution in [1.29, 1.82) is 0 Å². The average Bonchev–Trinajstić information content (AvgIpc) is 3.57. The van der Waals surface area contributed by atoms with E-state index in [1.807, 2.05) is 65.5 Å². The third-order valence-electron chi connectivity index (χ3n) is 5.71. The second-order valence-corrected chi connectivity index (χ2v) is 7.98. The Morgan fingerprint density at radius 1 is 0.939 bits per heavy atom. The lowest BCUT2D eigenvalue weighted by Crippen LogP contribution is -2.34. The summed E-state index contributed by atoms with van der Waals surface area (Å²) in [5, 5.41) is 11.4. The van der Waals surface area contributed by atoms with Crippen molar-refractivity contribution in [1.82, 2.24) is 15.1 Å². The lowest BCUT2D eigenvalue weighted by Gasteiger charge is -2.13. The number of carbonyl (C=O) groups is 1. The number of hydrogen-bond acceptors (Lipinski definition) is 4. The molecule has 1 aliphatic heterocycles. The number of carbonyl (C=O) groups excluding carboxylic acids is 1. The van der Waals surface area contributed by atoms with Crippen LogP contribution in [0.2, 0.25) is 0 Å². The van der Waals surface area contributed by atoms with Gasteiger partial charge in [0.1, 0.15) is 0 Å². The Morgan fingerprint density at radius 2 is 1.73 bits per heavy atom. The first kappa shape index (κ1) is 20.7. The van der Waals surface area contributed by atoms with Gasteiger partial charge >= 0.3 is 0 Å². The van der Waals surface area contributed by atoms with Crippen LogP contribution in [0.15, 0.2) is 102 Å². The second-order valence-electron chi connectivity index (χ2n) is 7.98. The summed E-state index contributed by atoms with van der Waals surface area (Å²) >= 11 is 0. The van der Waals surface area contributed by atoms with Crippen LogP contribution in [0.5, 0.6) is 0 Å². The fraction of sp³-hybridized carbons (Fsp3) is 0.148. The van der Waals surface area contributed by atoms with Crippen LogP contribution in [0, 0.1) is 0 Å². The number of oxime groups is 1. The van der Waals surface area contributed by atoms with Crippen LogP contribution in [0.4, 0.5) is 0 Å². The molecule has 6 nitrogen and oxygen atoms in total. The molecule has 3 aromatic carbocycles. The van der Waals surface area contributed by atoms with Gasteiger partial charge in [0.25, 0.3) is 5.91 Å². The lowest BCUT2D eigenvalue weighted by molar-refractivity contribution is -0.131. The third kappa shape index (κ3) is 4.85. The number of aromatic nitrogens is 2. The van der Waals surface area contributed by atoms with Gasteiger partial charge in [-0.3, -0.25) is 9.48 Å². The molecule has 33 heavy (non-hydrogen) atoms. The van der Waals surface area contributed by atoms with Crippen molar-refractivity contribution < 1.29 is 9.63 Å². The smallest absolute Gasteiger partial charge is 0.264 e. The first-order chi connectivity index (χ1) is 16.3. The fourth-order valence-electron chi connectivity index (χ4n) is 3.94. The minimum atomic E-state index is -0.603. The lowest BCUT2D eigenvalue weighted by atomic mass is 9.98. The summed E-state index contributed by atoms with van der Waals surface area (Å²) in [6.07, 6.45) is 3.60. The maximum atomic E-state index is 12.7. The van der Waals surface area contributed by atoms with Gasteiger partial charge in [0, 0.05) is 25.4 Å². The van der Waals surface area contributed by atoms with E-state index in [2.05, 4.69) is 45.9 Å². The van der Waals surface area contributed by atoms with Crippen LogP contribution >= 0.6 is 0 Å². The van der Waals surface area contributed by atoms with Crippen LogP contribution in [0.1, 0.15) is 23.1 Å². The van der Waals surface area contributed by atoms with Crippen molar-refractivity contribution in [2.75, 3.05) is 0 Å². The molecule has 0 spiro atoms. The molecule has 1 atom stereocenters. The summed E-state index contributed by atoms with van der Waals surface area (Å²) in [6.45, 7) is 1.16. The van der Waals surface area contributed by atoms with Gasteiger partial charge in [0.05, 0.1) is 12.3 Å². The summed E-state index contributed by atoms with van der Waals surface area (Å²) in [7, 11) is 0. The number of benzene rings is 3. The number of rotatable bonds is 7. The minimum absolute atomic E-state index is 0.158. The van der Waals surface area contributed by atoms with Crippen molar-refractivity contribution in [3.8, 4) is 11.1 Å². The van der Waals surface area contributed by atoms with Crippen LogP contribution in [0.25, 0.3) is 11.1 Å². The van der Waals surface area contributed by atoms with Gasteiger partial charge in [-0.15, -0.1) is 0 Å². The Balaban J connectivity index is 1.22. The summed E-state index contributed by atoms with van der Waals surface area (Å²) in [4.78, 5) is 18.1. The number of amides is 1. The van der Waals surface area contributed by atoms with E-state index < -0.39 is 6.10 Å². The summed E-state index contributed by atoms with van der Waals surface area (Å²) in [5.74, 6) is -0.158. The van der Waals surface area contributed by atoms with E-state index in [0.717, 1.165) is 34.5 Å². The quantitative estimate of drug-likeness (QED) is 0.467. The van der Waals surface area contributed by atoms with E-state index in [1.54, 1.807) is 6.20 Å². The first-order valence-electron chi connectivity index (χ1n) is 11.0. The highest BCUT2D eigenvalue weighted by molar-refractivity contribution is 6.04. The van der Waals surface area contributed by atoms with Gasteiger partial charge in [-0.2, -0.15) is 5.10 Å². The minimum Gasteiger partial charge on any atom is -0.382 e. The molecule has 1 unspecified atom stereocenters. The van der Waals surface area contributed by atoms with Gasteiger partial charge in [0.15, 0.2) is 0 Å². The Hall–Kier alpha value is -4.19. The Kier molecular flexibility index (Phi) is 5.97. The Labute approximate surface area is 192 Å². The predicted octanol–water partition coefficient (Wildman–Crippen LogP) is 4.41. The van der Waals surface area contributed by atoms with Crippen molar-refractivity contribution in [2.45, 2.75) is 25.6 Å². The maximum absolute atomic E-state index is 12.7. The molecule has 0 aliphatic carbocycles. The number of hydrogen-bond donors (Lipinski definition) is 1. The van der Waals surface area contributed by atoms with Gasteiger partial charge in [0.2, 0.25) is 6.10 Å². The zero-order chi connectivity index (χ0) is 22.5. The Bertz CT molecular complexity index is 1250. The van der Waals surface area contributed by atoms with Crippen LogP contribution < -0.4 is 5.32 Å². The first-order valence-corrected chi connectivity index (χ1v) is 11.0. The van der Waals surface area contributed by atoms with Crippen LogP contribution in [-0.2, 0) is 22.7 Å². The standard InChI is InChI=1S/C27H24N4O2/c32-27(26-17-25(30-33-26)22-7-2-1-3-8-22)28-18-23-9-4-5-10-24(23)21-13-11-20(12-14-21)19-31-16-6-15-29-31/h1-16,26H,17-19H2,(H,28,32). The molecule has 6 heteroatoms. The molecule has 1 amide bonds. The van der Waals surface area contributed by atoms with Gasteiger partial charge in [-0.1, -0.05) is 84.0 Å². The molecule has 1 aliphatic rings. The topological polar surface area (TPSA) is 68.5 Å². The number of nitrogens with one attached hydrogen (secondary N) is 1. The molecular formula is C27H24N4O2. The molecule has 2 heterocycles. The summed E-state index contributed by atoms with van der Waals surface area (Å²) in [5.41, 5.74) is 6.21. The molecule has 164 valence electrons.